The molecule has 27 heavy (non-hydrogen) atoms. The summed E-state index contributed by atoms with van der Waals surface area (Å²) >= 11 is 0. The number of nitrogens with one attached hydrogen (secondary N) is 1. The van der Waals surface area contributed by atoms with Crippen LogP contribution >= 0.6 is 0 Å². The van der Waals surface area contributed by atoms with E-state index in [1.807, 2.05) is 47.4 Å². The molecule has 1 saturated heterocycles. The first-order valence-electron chi connectivity index (χ1n) is 9.25. The van der Waals surface area contributed by atoms with Crippen LogP contribution in [0.4, 0.5) is 5.69 Å². The van der Waals surface area contributed by atoms with Gasteiger partial charge >= 0.3 is 0 Å². The first-order chi connectivity index (χ1) is 13.1. The normalized spacial score (nSPS) is 14.1. The summed E-state index contributed by atoms with van der Waals surface area (Å²) in [5, 5.41) is 12.8. The van der Waals surface area contributed by atoms with Crippen LogP contribution in [-0.2, 0) is 16.0 Å². The molecule has 6 nitrogen and oxygen atoms in total. The third kappa shape index (κ3) is 5.23. The van der Waals surface area contributed by atoms with Gasteiger partial charge in [-0.15, -0.1) is 0 Å². The second-order valence-electron chi connectivity index (χ2n) is 6.62. The smallest absolute Gasteiger partial charge is 0.224 e. The zero-order valence-corrected chi connectivity index (χ0v) is 15.3. The highest BCUT2D eigenvalue weighted by Crippen LogP contribution is 2.27. The van der Waals surface area contributed by atoms with Gasteiger partial charge in [0.05, 0.1) is 12.1 Å². The minimum absolute atomic E-state index is 0.0481. The molecule has 1 fully saturated rings. The second kappa shape index (κ2) is 9.07. The molecule has 0 aromatic heterocycles. The monoisotopic (exact) mass is 367 g/mol. The molecular formula is C21H25N3O3. The summed E-state index contributed by atoms with van der Waals surface area (Å²) < 4.78 is 0. The van der Waals surface area contributed by atoms with Crippen LogP contribution in [0.15, 0.2) is 54.6 Å². The third-order valence-corrected chi connectivity index (χ3v) is 4.72. The molecule has 142 valence electrons. The Kier molecular flexibility index (Phi) is 6.30. The summed E-state index contributed by atoms with van der Waals surface area (Å²) in [5.41, 5.74) is 1.76. The summed E-state index contributed by atoms with van der Waals surface area (Å²) in [6, 6.07) is 16.8. The van der Waals surface area contributed by atoms with Crippen LogP contribution in [0.3, 0.4) is 0 Å². The van der Waals surface area contributed by atoms with Gasteiger partial charge in [0.25, 0.3) is 0 Å². The average Bonchev–Trinajstić information content (AvgIpc) is 2.69. The van der Waals surface area contributed by atoms with Gasteiger partial charge in [0.2, 0.25) is 11.8 Å². The molecule has 2 aromatic rings. The molecule has 0 aliphatic carbocycles. The van der Waals surface area contributed by atoms with Gasteiger partial charge in [0, 0.05) is 39.1 Å². The summed E-state index contributed by atoms with van der Waals surface area (Å²) in [7, 11) is 0. The summed E-state index contributed by atoms with van der Waals surface area (Å²) in [5.74, 6) is 0.240. The van der Waals surface area contributed by atoms with E-state index >= 15 is 0 Å². The molecule has 2 amide bonds. The quantitative estimate of drug-likeness (QED) is 0.817. The number of anilines is 1. The van der Waals surface area contributed by atoms with Crippen LogP contribution in [0, 0.1) is 0 Å². The number of para-hydroxylation sites is 2. The Hall–Kier alpha value is -3.02. The molecule has 3 rings (SSSR count). The molecule has 0 saturated carbocycles. The highest BCUT2D eigenvalue weighted by atomic mass is 16.3. The van der Waals surface area contributed by atoms with Gasteiger partial charge in [-0.1, -0.05) is 42.5 Å². The number of phenolic OH excluding ortho intramolecular Hbond substituents is 1. The van der Waals surface area contributed by atoms with E-state index in [2.05, 4.69) is 10.2 Å². The Morgan fingerprint density at radius 1 is 0.926 bits per heavy atom. The van der Waals surface area contributed by atoms with E-state index in [9.17, 15) is 14.7 Å². The van der Waals surface area contributed by atoms with Gasteiger partial charge in [-0.2, -0.15) is 0 Å². The minimum atomic E-state index is -0.0710. The number of carbonyl (C=O) groups excluding carboxylic acids is 2. The van der Waals surface area contributed by atoms with Crippen molar-refractivity contribution in [2.24, 2.45) is 0 Å². The maximum Gasteiger partial charge on any atom is 0.224 e. The van der Waals surface area contributed by atoms with E-state index in [0.717, 1.165) is 11.3 Å². The highest BCUT2D eigenvalue weighted by Gasteiger charge is 2.22. The highest BCUT2D eigenvalue weighted by molar-refractivity contribution is 5.80. The predicted molar refractivity (Wildman–Crippen MR) is 105 cm³/mol. The first-order valence-corrected chi connectivity index (χ1v) is 9.25. The number of hydrogen-bond donors (Lipinski definition) is 2. The number of benzene rings is 2. The molecule has 6 heteroatoms. The van der Waals surface area contributed by atoms with Crippen molar-refractivity contribution in [1.82, 2.24) is 10.2 Å². The number of amides is 2. The summed E-state index contributed by atoms with van der Waals surface area (Å²) in [4.78, 5) is 28.2. The van der Waals surface area contributed by atoms with Gasteiger partial charge in [-0.3, -0.25) is 9.59 Å². The van der Waals surface area contributed by atoms with Crippen molar-refractivity contribution < 1.29 is 14.7 Å². The van der Waals surface area contributed by atoms with Crippen LogP contribution in [0.1, 0.15) is 12.0 Å². The Morgan fingerprint density at radius 3 is 2.30 bits per heavy atom. The predicted octanol–water partition coefficient (Wildman–Crippen LogP) is 1.79. The topological polar surface area (TPSA) is 72.9 Å². The number of phenols is 1. The molecule has 0 spiro atoms. The molecule has 1 aliphatic heterocycles. The van der Waals surface area contributed by atoms with E-state index in [1.165, 1.54) is 0 Å². The third-order valence-electron chi connectivity index (χ3n) is 4.72. The van der Waals surface area contributed by atoms with Crippen molar-refractivity contribution in [3.05, 3.63) is 60.2 Å². The Balaban J connectivity index is 1.38. The molecular weight excluding hydrogens is 342 g/mol. The maximum atomic E-state index is 12.4. The van der Waals surface area contributed by atoms with Gasteiger partial charge in [0.1, 0.15) is 5.75 Å². The number of aromatic hydroxyl groups is 1. The van der Waals surface area contributed by atoms with E-state index in [1.54, 1.807) is 12.1 Å². The van der Waals surface area contributed by atoms with Crippen molar-refractivity contribution in [3.63, 3.8) is 0 Å². The molecule has 0 unspecified atom stereocenters. The Bertz CT molecular complexity index is 771. The lowest BCUT2D eigenvalue weighted by Crippen LogP contribution is -2.49. The Labute approximate surface area is 159 Å². The van der Waals surface area contributed by atoms with Crippen molar-refractivity contribution in [2.75, 3.05) is 37.6 Å². The van der Waals surface area contributed by atoms with E-state index < -0.39 is 0 Å². The van der Waals surface area contributed by atoms with Crippen LogP contribution in [-0.4, -0.2) is 54.5 Å². The van der Waals surface area contributed by atoms with Crippen LogP contribution in [0.5, 0.6) is 5.75 Å². The fourth-order valence-corrected chi connectivity index (χ4v) is 3.24. The molecule has 0 radical (unpaired) electrons. The van der Waals surface area contributed by atoms with Crippen molar-refractivity contribution in [3.8, 4) is 5.75 Å². The number of nitrogens with zero attached hydrogens (tertiary/aromatic N) is 2. The molecule has 2 N–H and O–H groups in total. The van der Waals surface area contributed by atoms with E-state index in [-0.39, 0.29) is 17.6 Å². The van der Waals surface area contributed by atoms with Gasteiger partial charge in [0.15, 0.2) is 0 Å². The maximum absolute atomic E-state index is 12.4. The largest absolute Gasteiger partial charge is 0.506 e. The van der Waals surface area contributed by atoms with Gasteiger partial charge < -0.3 is 20.2 Å². The lowest BCUT2D eigenvalue weighted by Gasteiger charge is -2.36. The standard InChI is InChI=1S/C21H25N3O3/c25-19-9-5-4-8-18(19)23-12-14-24(15-13-23)21(27)10-11-22-20(26)16-17-6-2-1-3-7-17/h1-9,25H,10-16H2,(H,22,26). The lowest BCUT2D eigenvalue weighted by atomic mass is 10.1. The number of hydrogen-bond acceptors (Lipinski definition) is 4. The van der Waals surface area contributed by atoms with Gasteiger partial charge in [-0.05, 0) is 17.7 Å². The summed E-state index contributed by atoms with van der Waals surface area (Å²) in [6.45, 7) is 2.95. The zero-order valence-electron chi connectivity index (χ0n) is 15.3. The van der Waals surface area contributed by atoms with Crippen LogP contribution in [0.2, 0.25) is 0 Å². The fraction of sp³-hybridized carbons (Fsp3) is 0.333. The number of piperazine rings is 1. The molecule has 1 aliphatic rings. The van der Waals surface area contributed by atoms with Crippen molar-refractivity contribution >= 4 is 17.5 Å². The SMILES string of the molecule is O=C(Cc1ccccc1)NCCC(=O)N1CCN(c2ccccc2O)CC1. The van der Waals surface area contributed by atoms with Crippen molar-refractivity contribution in [2.45, 2.75) is 12.8 Å². The molecule has 2 aromatic carbocycles. The van der Waals surface area contributed by atoms with Gasteiger partial charge in [-0.25, -0.2) is 0 Å². The minimum Gasteiger partial charge on any atom is -0.506 e. The number of rotatable bonds is 6. The van der Waals surface area contributed by atoms with E-state index in [4.69, 9.17) is 0 Å². The molecule has 0 bridgehead atoms. The Morgan fingerprint density at radius 2 is 1.59 bits per heavy atom. The molecule has 1 heterocycles. The number of carbonyl (C=O) groups is 2. The molecule has 0 atom stereocenters. The van der Waals surface area contributed by atoms with Crippen LogP contribution < -0.4 is 10.2 Å². The second-order valence-corrected chi connectivity index (χ2v) is 6.62. The fourth-order valence-electron chi connectivity index (χ4n) is 3.24. The average molecular weight is 367 g/mol. The summed E-state index contributed by atoms with van der Waals surface area (Å²) in [6.07, 6.45) is 0.630. The van der Waals surface area contributed by atoms with Crippen molar-refractivity contribution in [1.29, 1.82) is 0 Å². The zero-order chi connectivity index (χ0) is 19.1. The van der Waals surface area contributed by atoms with E-state index in [0.29, 0.717) is 45.6 Å². The van der Waals surface area contributed by atoms with Crippen LogP contribution in [0.25, 0.3) is 0 Å². The lowest BCUT2D eigenvalue weighted by molar-refractivity contribution is -0.131. The first kappa shape index (κ1) is 18.8.